The van der Waals surface area contributed by atoms with Crippen LogP contribution in [0.25, 0.3) is 0 Å². The van der Waals surface area contributed by atoms with Gasteiger partial charge in [0.2, 0.25) is 5.91 Å². The zero-order valence-electron chi connectivity index (χ0n) is 22.4. The normalized spacial score (nSPS) is 12.3. The van der Waals surface area contributed by atoms with Crippen LogP contribution < -0.4 is 10.1 Å². The molecule has 5 nitrogen and oxygen atoms in total. The zero-order valence-corrected chi connectivity index (χ0v) is 22.4. The molecule has 1 amide bonds. The van der Waals surface area contributed by atoms with Gasteiger partial charge in [0.15, 0.2) is 0 Å². The number of unbranched alkanes of at least 4 members (excludes halogenated alkanes) is 11. The highest BCUT2D eigenvalue weighted by Crippen LogP contribution is 2.19. The first-order chi connectivity index (χ1) is 16.2. The van der Waals surface area contributed by atoms with Crippen molar-refractivity contribution >= 4 is 11.9 Å². The van der Waals surface area contributed by atoms with Gasteiger partial charge in [0.1, 0.15) is 17.4 Å². The highest BCUT2D eigenvalue weighted by atomic mass is 16.5. The van der Waals surface area contributed by atoms with Crippen molar-refractivity contribution in [1.82, 2.24) is 5.32 Å². The van der Waals surface area contributed by atoms with E-state index in [4.69, 9.17) is 9.47 Å². The van der Waals surface area contributed by atoms with Gasteiger partial charge in [-0.15, -0.1) is 0 Å². The Kier molecular flexibility index (Phi) is 15.4. The predicted octanol–water partition coefficient (Wildman–Crippen LogP) is 7.16. The third-order valence-corrected chi connectivity index (χ3v) is 5.87. The summed E-state index contributed by atoms with van der Waals surface area (Å²) in [6.45, 7) is 8.26. The molecule has 0 aliphatic rings. The molecule has 0 spiro atoms. The molecule has 0 unspecified atom stereocenters. The van der Waals surface area contributed by atoms with Crippen molar-refractivity contribution in [1.29, 1.82) is 0 Å². The number of carbonyl (C=O) groups is 2. The summed E-state index contributed by atoms with van der Waals surface area (Å²) < 4.78 is 10.8. The maximum atomic E-state index is 12.4. The van der Waals surface area contributed by atoms with E-state index in [-0.39, 0.29) is 11.5 Å². The number of hydrogen-bond donors (Lipinski definition) is 1. The monoisotopic (exact) mass is 475 g/mol. The molecular formula is C29H49NO4. The van der Waals surface area contributed by atoms with Crippen molar-refractivity contribution in [2.24, 2.45) is 0 Å². The number of esters is 1. The van der Waals surface area contributed by atoms with Crippen molar-refractivity contribution in [3.8, 4) is 5.75 Å². The maximum absolute atomic E-state index is 12.4. The topological polar surface area (TPSA) is 64.6 Å². The molecule has 5 heteroatoms. The van der Waals surface area contributed by atoms with Crippen LogP contribution in [0.4, 0.5) is 0 Å². The molecule has 0 aromatic heterocycles. The van der Waals surface area contributed by atoms with Crippen LogP contribution in [0.15, 0.2) is 24.3 Å². The maximum Gasteiger partial charge on any atom is 0.328 e. The molecule has 34 heavy (non-hydrogen) atoms. The number of carbonyl (C=O) groups excluding carboxylic acids is 2. The predicted molar refractivity (Wildman–Crippen MR) is 140 cm³/mol. The van der Waals surface area contributed by atoms with Gasteiger partial charge in [0.25, 0.3) is 0 Å². The lowest BCUT2D eigenvalue weighted by atomic mass is 10.0. The van der Waals surface area contributed by atoms with Crippen LogP contribution in [0.2, 0.25) is 0 Å². The standard InChI is InChI=1S/C29H49NO4/c1-6-7-8-9-10-11-12-13-14-15-16-17-18-27(31)30-26(28(32)33-5)23-24-19-21-25(22-20-24)34-29(2,3)4/h19-22,26H,6-18,23H2,1-5H3,(H,30,31)/t26-/m0/s1. The molecule has 0 bridgehead atoms. The number of nitrogens with one attached hydrogen (secondary N) is 1. The molecule has 1 aromatic carbocycles. The summed E-state index contributed by atoms with van der Waals surface area (Å²) in [5, 5.41) is 2.86. The van der Waals surface area contributed by atoms with Crippen molar-refractivity contribution in [2.45, 2.75) is 129 Å². The summed E-state index contributed by atoms with van der Waals surface area (Å²) in [7, 11) is 1.35. The molecule has 0 radical (unpaired) electrons. The van der Waals surface area contributed by atoms with E-state index in [0.717, 1.165) is 24.2 Å². The molecule has 1 aromatic rings. The molecule has 0 aliphatic heterocycles. The fourth-order valence-electron chi connectivity index (χ4n) is 4.01. The second-order valence-electron chi connectivity index (χ2n) is 10.3. The van der Waals surface area contributed by atoms with E-state index in [1.807, 2.05) is 45.0 Å². The average molecular weight is 476 g/mol. The Hall–Kier alpha value is -2.04. The lowest BCUT2D eigenvalue weighted by Crippen LogP contribution is -2.43. The van der Waals surface area contributed by atoms with Gasteiger partial charge < -0.3 is 14.8 Å². The smallest absolute Gasteiger partial charge is 0.328 e. The summed E-state index contributed by atoms with van der Waals surface area (Å²) >= 11 is 0. The van der Waals surface area contributed by atoms with Crippen molar-refractivity contribution in [3.63, 3.8) is 0 Å². The molecule has 0 heterocycles. The lowest BCUT2D eigenvalue weighted by Gasteiger charge is -2.21. The van der Waals surface area contributed by atoms with Crippen LogP contribution >= 0.6 is 0 Å². The van der Waals surface area contributed by atoms with E-state index < -0.39 is 12.0 Å². The first-order valence-corrected chi connectivity index (χ1v) is 13.4. The molecule has 0 aliphatic carbocycles. The summed E-state index contributed by atoms with van der Waals surface area (Å²) in [5.74, 6) is 0.273. The Morgan fingerprint density at radius 3 is 1.79 bits per heavy atom. The van der Waals surface area contributed by atoms with Gasteiger partial charge in [0.05, 0.1) is 7.11 Å². The summed E-state index contributed by atoms with van der Waals surface area (Å²) in [6, 6.07) is 6.96. The van der Waals surface area contributed by atoms with Crippen LogP contribution in [0, 0.1) is 0 Å². The summed E-state index contributed by atoms with van der Waals surface area (Å²) in [6.07, 6.45) is 16.0. The minimum atomic E-state index is -0.677. The first kappa shape index (κ1) is 30.0. The van der Waals surface area contributed by atoms with E-state index in [0.29, 0.717) is 12.8 Å². The van der Waals surface area contributed by atoms with Crippen LogP contribution in [0.3, 0.4) is 0 Å². The van der Waals surface area contributed by atoms with Gasteiger partial charge in [-0.1, -0.05) is 89.7 Å². The number of benzene rings is 1. The fourth-order valence-corrected chi connectivity index (χ4v) is 4.01. The van der Waals surface area contributed by atoms with Crippen LogP contribution in [0.1, 0.15) is 117 Å². The molecule has 0 saturated carbocycles. The Morgan fingerprint density at radius 1 is 0.824 bits per heavy atom. The summed E-state index contributed by atoms with van der Waals surface area (Å²) in [4.78, 5) is 24.6. The zero-order chi connectivity index (χ0) is 25.2. The minimum Gasteiger partial charge on any atom is -0.488 e. The minimum absolute atomic E-state index is 0.0878. The van der Waals surface area contributed by atoms with Crippen LogP contribution in [-0.2, 0) is 20.7 Å². The number of amides is 1. The van der Waals surface area contributed by atoms with E-state index in [1.54, 1.807) is 0 Å². The lowest BCUT2D eigenvalue weighted by molar-refractivity contribution is -0.145. The average Bonchev–Trinajstić information content (AvgIpc) is 2.79. The van der Waals surface area contributed by atoms with Gasteiger partial charge in [-0.05, 0) is 44.9 Å². The van der Waals surface area contributed by atoms with Crippen molar-refractivity contribution < 1.29 is 19.1 Å². The largest absolute Gasteiger partial charge is 0.488 e. The molecule has 1 rings (SSSR count). The molecule has 194 valence electrons. The van der Waals surface area contributed by atoms with Gasteiger partial charge in [-0.2, -0.15) is 0 Å². The van der Waals surface area contributed by atoms with Crippen LogP contribution in [0.5, 0.6) is 5.75 Å². The molecule has 0 fully saturated rings. The molecule has 1 N–H and O–H groups in total. The van der Waals surface area contributed by atoms with Gasteiger partial charge >= 0.3 is 5.97 Å². The second kappa shape index (κ2) is 17.4. The Morgan fingerprint density at radius 2 is 1.32 bits per heavy atom. The highest BCUT2D eigenvalue weighted by molar-refractivity contribution is 5.84. The summed E-state index contributed by atoms with van der Waals surface area (Å²) in [5.41, 5.74) is 0.681. The Labute approximate surface area is 208 Å². The van der Waals surface area contributed by atoms with Crippen molar-refractivity contribution in [2.75, 3.05) is 7.11 Å². The third-order valence-electron chi connectivity index (χ3n) is 5.87. The SMILES string of the molecule is CCCCCCCCCCCCCCC(=O)N[C@@H](Cc1ccc(OC(C)(C)C)cc1)C(=O)OC. The van der Waals surface area contributed by atoms with E-state index in [1.165, 1.54) is 71.3 Å². The Bertz CT molecular complexity index is 678. The van der Waals surface area contributed by atoms with Gasteiger partial charge in [-0.3, -0.25) is 4.79 Å². The van der Waals surface area contributed by atoms with E-state index in [2.05, 4.69) is 12.2 Å². The number of rotatable bonds is 18. The molecule has 1 atom stereocenters. The molecule has 0 saturated heterocycles. The first-order valence-electron chi connectivity index (χ1n) is 13.4. The molecular weight excluding hydrogens is 426 g/mol. The fraction of sp³-hybridized carbons (Fsp3) is 0.724. The second-order valence-corrected chi connectivity index (χ2v) is 10.3. The Balaban J connectivity index is 2.27. The number of methoxy groups -OCH3 is 1. The highest BCUT2D eigenvalue weighted by Gasteiger charge is 2.22. The van der Waals surface area contributed by atoms with Gasteiger partial charge in [0, 0.05) is 12.8 Å². The number of hydrogen-bond acceptors (Lipinski definition) is 4. The third kappa shape index (κ3) is 15.0. The van der Waals surface area contributed by atoms with Crippen molar-refractivity contribution in [3.05, 3.63) is 29.8 Å². The van der Waals surface area contributed by atoms with E-state index >= 15 is 0 Å². The van der Waals surface area contributed by atoms with E-state index in [9.17, 15) is 9.59 Å². The van der Waals surface area contributed by atoms with Gasteiger partial charge in [-0.25, -0.2) is 4.79 Å². The van der Waals surface area contributed by atoms with Crippen LogP contribution in [-0.4, -0.2) is 30.6 Å². The number of ether oxygens (including phenoxy) is 2. The quantitative estimate of drug-likeness (QED) is 0.181.